The van der Waals surface area contributed by atoms with E-state index in [-0.39, 0.29) is 0 Å². The van der Waals surface area contributed by atoms with E-state index in [0.717, 1.165) is 48.3 Å². The van der Waals surface area contributed by atoms with Gasteiger partial charge in [-0.15, -0.1) is 0 Å². The molecule has 116 valence electrons. The topological polar surface area (TPSA) is 29.3 Å². The molecule has 2 aromatic carbocycles. The van der Waals surface area contributed by atoms with Crippen molar-refractivity contribution in [3.63, 3.8) is 0 Å². The van der Waals surface area contributed by atoms with Gasteiger partial charge in [-0.25, -0.2) is 4.98 Å². The van der Waals surface area contributed by atoms with Crippen molar-refractivity contribution in [1.29, 1.82) is 0 Å². The first kappa shape index (κ1) is 14.5. The van der Waals surface area contributed by atoms with Crippen molar-refractivity contribution in [3.8, 4) is 11.3 Å². The summed E-state index contributed by atoms with van der Waals surface area (Å²) in [5.41, 5.74) is 3.86. The number of rotatable bonds is 3. The average Bonchev–Trinajstić information content (AvgIpc) is 3.04. The Balaban J connectivity index is 1.47. The molecular weight excluding hydrogens is 308 g/mol. The van der Waals surface area contributed by atoms with Gasteiger partial charge in [-0.2, -0.15) is 0 Å². The third kappa shape index (κ3) is 3.16. The first-order valence-corrected chi connectivity index (χ1v) is 8.15. The zero-order valence-electron chi connectivity index (χ0n) is 12.7. The highest BCUT2D eigenvalue weighted by Crippen LogP contribution is 2.24. The third-order valence-electron chi connectivity index (χ3n) is 4.25. The molecule has 0 atom stereocenters. The van der Waals surface area contributed by atoms with Crippen LogP contribution in [0.15, 0.2) is 59.1 Å². The molecule has 3 aromatic rings. The van der Waals surface area contributed by atoms with E-state index in [4.69, 9.17) is 16.0 Å². The van der Waals surface area contributed by atoms with Crippen molar-refractivity contribution in [3.05, 3.63) is 76.8 Å². The highest BCUT2D eigenvalue weighted by atomic mass is 35.5. The molecular formula is C19H17ClN2O. The van der Waals surface area contributed by atoms with Gasteiger partial charge in [0.05, 0.1) is 12.7 Å². The van der Waals surface area contributed by atoms with E-state index in [1.807, 2.05) is 24.3 Å². The van der Waals surface area contributed by atoms with Crippen molar-refractivity contribution >= 4 is 11.6 Å². The van der Waals surface area contributed by atoms with Gasteiger partial charge in [-0.1, -0.05) is 35.9 Å². The summed E-state index contributed by atoms with van der Waals surface area (Å²) in [4.78, 5) is 6.80. The van der Waals surface area contributed by atoms with E-state index in [1.165, 1.54) is 11.1 Å². The number of fused-ring (bicyclic) bond motifs is 1. The van der Waals surface area contributed by atoms with Gasteiger partial charge in [0.25, 0.3) is 0 Å². The lowest BCUT2D eigenvalue weighted by molar-refractivity contribution is 0.222. The number of aromatic nitrogens is 1. The second-order valence-corrected chi connectivity index (χ2v) is 6.29. The Kier molecular flexibility index (Phi) is 3.90. The normalized spacial score (nSPS) is 14.7. The Hall–Kier alpha value is -2.10. The van der Waals surface area contributed by atoms with Crippen LogP contribution in [0.25, 0.3) is 11.3 Å². The molecule has 0 bridgehead atoms. The summed E-state index contributed by atoms with van der Waals surface area (Å²) in [5.74, 6) is 1.54. The van der Waals surface area contributed by atoms with Crippen LogP contribution in [0.1, 0.15) is 17.0 Å². The van der Waals surface area contributed by atoms with E-state index < -0.39 is 0 Å². The minimum Gasteiger partial charge on any atom is -0.439 e. The Morgan fingerprint density at radius 1 is 1.04 bits per heavy atom. The van der Waals surface area contributed by atoms with Crippen molar-refractivity contribution in [1.82, 2.24) is 9.88 Å². The monoisotopic (exact) mass is 324 g/mol. The van der Waals surface area contributed by atoms with Crippen LogP contribution in [-0.4, -0.2) is 16.4 Å². The first-order valence-electron chi connectivity index (χ1n) is 7.78. The van der Waals surface area contributed by atoms with Crippen LogP contribution in [-0.2, 0) is 19.5 Å². The van der Waals surface area contributed by atoms with Crippen molar-refractivity contribution in [2.45, 2.75) is 19.5 Å². The predicted octanol–water partition coefficient (Wildman–Crippen LogP) is 4.55. The Labute approximate surface area is 140 Å². The summed E-state index contributed by atoms with van der Waals surface area (Å²) < 4.78 is 5.90. The molecule has 0 spiro atoms. The minimum absolute atomic E-state index is 0.723. The molecule has 1 aromatic heterocycles. The summed E-state index contributed by atoms with van der Waals surface area (Å²) in [7, 11) is 0. The number of halogens is 1. The van der Waals surface area contributed by atoms with Crippen LogP contribution in [0.5, 0.6) is 0 Å². The molecule has 0 saturated heterocycles. The molecule has 3 nitrogen and oxygen atoms in total. The van der Waals surface area contributed by atoms with Gasteiger partial charge in [0.2, 0.25) is 5.89 Å². The second-order valence-electron chi connectivity index (χ2n) is 5.85. The maximum Gasteiger partial charge on any atom is 0.209 e. The third-order valence-corrected chi connectivity index (χ3v) is 4.50. The maximum atomic E-state index is 5.92. The van der Waals surface area contributed by atoms with Gasteiger partial charge in [0.1, 0.15) is 0 Å². The molecule has 4 rings (SSSR count). The molecule has 23 heavy (non-hydrogen) atoms. The molecule has 0 radical (unpaired) electrons. The lowest BCUT2D eigenvalue weighted by Crippen LogP contribution is -2.30. The average molecular weight is 325 g/mol. The lowest BCUT2D eigenvalue weighted by atomic mass is 10.00. The largest absolute Gasteiger partial charge is 0.439 e. The van der Waals surface area contributed by atoms with E-state index in [0.29, 0.717) is 0 Å². The molecule has 0 unspecified atom stereocenters. The van der Waals surface area contributed by atoms with E-state index in [2.05, 4.69) is 34.1 Å². The fourth-order valence-corrected chi connectivity index (χ4v) is 3.14. The van der Waals surface area contributed by atoms with Gasteiger partial charge in [-0.3, -0.25) is 4.90 Å². The molecule has 0 fully saturated rings. The van der Waals surface area contributed by atoms with Crippen molar-refractivity contribution < 1.29 is 4.42 Å². The van der Waals surface area contributed by atoms with Crippen molar-refractivity contribution in [2.75, 3.05) is 6.54 Å². The van der Waals surface area contributed by atoms with Crippen LogP contribution in [0.4, 0.5) is 0 Å². The van der Waals surface area contributed by atoms with Crippen LogP contribution in [0.3, 0.4) is 0 Å². The summed E-state index contributed by atoms with van der Waals surface area (Å²) in [6.07, 6.45) is 2.87. The molecule has 1 aliphatic heterocycles. The fourth-order valence-electron chi connectivity index (χ4n) is 3.01. The van der Waals surface area contributed by atoms with Gasteiger partial charge >= 0.3 is 0 Å². The Bertz CT molecular complexity index is 810. The van der Waals surface area contributed by atoms with Gasteiger partial charge < -0.3 is 4.42 Å². The minimum atomic E-state index is 0.723. The summed E-state index contributed by atoms with van der Waals surface area (Å²) in [5, 5.41) is 0.723. The van der Waals surface area contributed by atoms with Crippen LogP contribution in [0, 0.1) is 0 Å². The molecule has 4 heteroatoms. The first-order chi connectivity index (χ1) is 11.3. The Morgan fingerprint density at radius 2 is 1.83 bits per heavy atom. The summed E-state index contributed by atoms with van der Waals surface area (Å²) >= 11 is 5.92. The van der Waals surface area contributed by atoms with Gasteiger partial charge in [-0.05, 0) is 41.8 Å². The van der Waals surface area contributed by atoms with E-state index >= 15 is 0 Å². The molecule has 2 heterocycles. The molecule has 0 aliphatic carbocycles. The smallest absolute Gasteiger partial charge is 0.209 e. The summed E-state index contributed by atoms with van der Waals surface area (Å²) in [6.45, 7) is 2.73. The van der Waals surface area contributed by atoms with Crippen molar-refractivity contribution in [2.24, 2.45) is 0 Å². The van der Waals surface area contributed by atoms with Gasteiger partial charge in [0.15, 0.2) is 5.76 Å². The van der Waals surface area contributed by atoms with Crippen LogP contribution in [0.2, 0.25) is 5.02 Å². The zero-order valence-corrected chi connectivity index (χ0v) is 13.5. The maximum absolute atomic E-state index is 5.92. The van der Waals surface area contributed by atoms with E-state index in [1.54, 1.807) is 6.20 Å². The molecule has 0 saturated carbocycles. The molecule has 0 amide bonds. The molecule has 1 aliphatic rings. The zero-order chi connectivity index (χ0) is 15.6. The highest BCUT2D eigenvalue weighted by Gasteiger charge is 2.18. The Morgan fingerprint density at radius 3 is 2.65 bits per heavy atom. The fraction of sp³-hybridized carbons (Fsp3) is 0.211. The number of oxazole rings is 1. The second kappa shape index (κ2) is 6.19. The number of hydrogen-bond acceptors (Lipinski definition) is 3. The number of nitrogens with zero attached hydrogens (tertiary/aromatic N) is 2. The standard InChI is InChI=1S/C19H17ClN2O/c20-17-7-5-15(6-8-17)18-11-21-19(23-18)13-22-10-9-14-3-1-2-4-16(14)12-22/h1-8,11H,9-10,12-13H2. The van der Waals surface area contributed by atoms with Crippen LogP contribution < -0.4 is 0 Å². The highest BCUT2D eigenvalue weighted by molar-refractivity contribution is 6.30. The molecule has 0 N–H and O–H groups in total. The number of benzene rings is 2. The quantitative estimate of drug-likeness (QED) is 0.707. The summed E-state index contributed by atoms with van der Waals surface area (Å²) in [6, 6.07) is 16.3. The number of hydrogen-bond donors (Lipinski definition) is 0. The lowest BCUT2D eigenvalue weighted by Gasteiger charge is -2.27. The van der Waals surface area contributed by atoms with Crippen LogP contribution >= 0.6 is 11.6 Å². The predicted molar refractivity (Wildman–Crippen MR) is 91.2 cm³/mol. The van der Waals surface area contributed by atoms with E-state index in [9.17, 15) is 0 Å². The SMILES string of the molecule is Clc1ccc(-c2cnc(CN3CCc4ccccc4C3)o2)cc1. The van der Waals surface area contributed by atoms with Gasteiger partial charge in [0, 0.05) is 23.7 Å².